The van der Waals surface area contributed by atoms with Crippen molar-refractivity contribution in [1.29, 1.82) is 0 Å². The number of hydrogen-bond donors (Lipinski definition) is 0. The molecule has 1 amide bonds. The molecule has 40 heavy (non-hydrogen) atoms. The first-order valence-corrected chi connectivity index (χ1v) is 15.6. The standard InChI is InChI=1S/C32H39N5O3/c38-29(23-3-1-4-23)37(25-6-2-5-24(19-25)28-33-26(35-39-28)17-21-7-8-21)20-31-11-14-32(15-12-31,16-13-31)30-34-27(36-40-30)18-22-9-10-22/h2,5-6,19,21-23H,1,3-4,7-18,20H2. The monoisotopic (exact) mass is 541 g/mol. The summed E-state index contributed by atoms with van der Waals surface area (Å²) in [5, 5.41) is 8.56. The van der Waals surface area contributed by atoms with E-state index in [1.54, 1.807) is 0 Å². The minimum absolute atomic E-state index is 0.0232. The number of rotatable bonds is 10. The summed E-state index contributed by atoms with van der Waals surface area (Å²) in [6.07, 6.45) is 16.6. The highest BCUT2D eigenvalue weighted by atomic mass is 16.5. The highest BCUT2D eigenvalue weighted by Crippen LogP contribution is 2.58. The number of anilines is 1. The van der Waals surface area contributed by atoms with Crippen LogP contribution in [-0.2, 0) is 23.1 Å². The molecule has 0 N–H and O–H groups in total. The van der Waals surface area contributed by atoms with Gasteiger partial charge in [0.15, 0.2) is 11.6 Å². The molecule has 0 saturated heterocycles. The number of carbonyl (C=O) groups excluding carboxylic acids is 1. The average molecular weight is 542 g/mol. The molecule has 2 heterocycles. The minimum atomic E-state index is 0.0232. The summed E-state index contributed by atoms with van der Waals surface area (Å²) in [6.45, 7) is 0.773. The van der Waals surface area contributed by atoms with Crippen molar-refractivity contribution in [3.8, 4) is 11.5 Å². The number of hydrogen-bond acceptors (Lipinski definition) is 7. The lowest BCUT2D eigenvalue weighted by Gasteiger charge is -2.53. The molecule has 2 aromatic heterocycles. The summed E-state index contributed by atoms with van der Waals surface area (Å²) in [7, 11) is 0. The average Bonchev–Trinajstić information content (AvgIpc) is 3.85. The van der Waals surface area contributed by atoms with Crippen molar-refractivity contribution in [3.05, 3.63) is 41.8 Å². The van der Waals surface area contributed by atoms with Crippen molar-refractivity contribution in [3.63, 3.8) is 0 Å². The van der Waals surface area contributed by atoms with E-state index in [9.17, 15) is 4.79 Å². The van der Waals surface area contributed by atoms with Crippen LogP contribution in [0.1, 0.15) is 101 Å². The number of aromatic nitrogens is 4. The molecule has 6 saturated carbocycles. The molecule has 0 atom stereocenters. The normalized spacial score (nSPS) is 28.0. The highest BCUT2D eigenvalue weighted by molar-refractivity contribution is 5.96. The van der Waals surface area contributed by atoms with E-state index in [1.165, 1.54) is 25.7 Å². The molecular formula is C32H39N5O3. The van der Waals surface area contributed by atoms with Crippen molar-refractivity contribution in [1.82, 2.24) is 20.3 Å². The first-order chi connectivity index (χ1) is 19.6. The minimum Gasteiger partial charge on any atom is -0.339 e. The summed E-state index contributed by atoms with van der Waals surface area (Å²) in [5.74, 6) is 4.99. The second-order valence-corrected chi connectivity index (χ2v) is 13.7. The fourth-order valence-electron chi connectivity index (χ4n) is 7.30. The van der Waals surface area contributed by atoms with E-state index in [-0.39, 0.29) is 22.7 Å². The molecule has 1 aromatic carbocycles. The number of nitrogens with zero attached hydrogens (tertiary/aromatic N) is 5. The van der Waals surface area contributed by atoms with Gasteiger partial charge in [0.25, 0.3) is 5.89 Å². The van der Waals surface area contributed by atoms with Crippen LogP contribution in [0.3, 0.4) is 0 Å². The van der Waals surface area contributed by atoms with Gasteiger partial charge in [-0.25, -0.2) is 0 Å². The summed E-state index contributed by atoms with van der Waals surface area (Å²) >= 11 is 0. The lowest BCUT2D eigenvalue weighted by Crippen LogP contribution is -2.52. The van der Waals surface area contributed by atoms with Crippen LogP contribution >= 0.6 is 0 Å². The van der Waals surface area contributed by atoms with Gasteiger partial charge in [0.05, 0.1) is 0 Å². The van der Waals surface area contributed by atoms with Crippen LogP contribution in [0.5, 0.6) is 0 Å². The van der Waals surface area contributed by atoms with Gasteiger partial charge in [-0.15, -0.1) is 0 Å². The molecule has 0 aliphatic heterocycles. The first-order valence-electron chi connectivity index (χ1n) is 15.6. The first kappa shape index (κ1) is 24.7. The third-order valence-electron chi connectivity index (χ3n) is 10.7. The maximum absolute atomic E-state index is 13.9. The Hall–Kier alpha value is -3.03. The Morgan fingerprint density at radius 3 is 2.17 bits per heavy atom. The highest BCUT2D eigenvalue weighted by Gasteiger charge is 2.53. The van der Waals surface area contributed by atoms with Crippen molar-refractivity contribution in [2.75, 3.05) is 11.4 Å². The smallest absolute Gasteiger partial charge is 0.257 e. The summed E-state index contributed by atoms with van der Waals surface area (Å²) in [6, 6.07) is 8.20. The van der Waals surface area contributed by atoms with Gasteiger partial charge >= 0.3 is 0 Å². The zero-order valence-corrected chi connectivity index (χ0v) is 23.3. The molecule has 9 rings (SSSR count). The van der Waals surface area contributed by atoms with Crippen molar-refractivity contribution in [2.24, 2.45) is 23.2 Å². The Bertz CT molecular complexity index is 1370. The molecule has 2 bridgehead atoms. The largest absolute Gasteiger partial charge is 0.339 e. The van der Waals surface area contributed by atoms with Gasteiger partial charge in [0.2, 0.25) is 11.8 Å². The lowest BCUT2D eigenvalue weighted by molar-refractivity contribution is -0.125. The number of amides is 1. The molecule has 6 aliphatic rings. The van der Waals surface area contributed by atoms with E-state index >= 15 is 0 Å². The van der Waals surface area contributed by atoms with Gasteiger partial charge in [0.1, 0.15) is 0 Å². The Morgan fingerprint density at radius 1 is 0.850 bits per heavy atom. The van der Waals surface area contributed by atoms with Gasteiger partial charge in [-0.3, -0.25) is 4.79 Å². The Balaban J connectivity index is 1.02. The Kier molecular flexibility index (Phi) is 5.89. The topological polar surface area (TPSA) is 98.2 Å². The molecule has 210 valence electrons. The van der Waals surface area contributed by atoms with E-state index < -0.39 is 0 Å². The van der Waals surface area contributed by atoms with Gasteiger partial charge in [-0.05, 0) is 112 Å². The summed E-state index contributed by atoms with van der Waals surface area (Å²) in [4.78, 5) is 25.5. The summed E-state index contributed by atoms with van der Waals surface area (Å²) < 4.78 is 11.5. The van der Waals surface area contributed by atoms with Gasteiger partial charge in [-0.1, -0.05) is 22.8 Å². The van der Waals surface area contributed by atoms with E-state index in [2.05, 4.69) is 32.3 Å². The van der Waals surface area contributed by atoms with Crippen molar-refractivity contribution in [2.45, 2.75) is 102 Å². The molecule has 3 aromatic rings. The van der Waals surface area contributed by atoms with Crippen LogP contribution in [0.2, 0.25) is 0 Å². The van der Waals surface area contributed by atoms with Crippen molar-refractivity contribution >= 4 is 11.6 Å². The van der Waals surface area contributed by atoms with Gasteiger partial charge < -0.3 is 13.9 Å². The zero-order chi connectivity index (χ0) is 26.7. The van der Waals surface area contributed by atoms with E-state index in [1.807, 2.05) is 12.1 Å². The van der Waals surface area contributed by atoms with Crippen LogP contribution < -0.4 is 4.90 Å². The SMILES string of the molecule is O=C(C1CCC1)N(CC12CCC(c3nc(CC4CC4)no3)(CC1)CC2)c1cccc(-c2nc(CC3CC3)no2)c1. The maximum Gasteiger partial charge on any atom is 0.257 e. The van der Waals surface area contributed by atoms with E-state index in [4.69, 9.17) is 14.0 Å². The molecule has 0 spiro atoms. The molecule has 6 fully saturated rings. The Labute approximate surface area is 235 Å². The van der Waals surface area contributed by atoms with Crippen LogP contribution in [0, 0.1) is 23.2 Å². The third-order valence-corrected chi connectivity index (χ3v) is 10.7. The molecule has 8 nitrogen and oxygen atoms in total. The summed E-state index contributed by atoms with van der Waals surface area (Å²) in [5.41, 5.74) is 2.00. The van der Waals surface area contributed by atoms with E-state index in [0.29, 0.717) is 11.8 Å². The third kappa shape index (κ3) is 4.67. The molecule has 8 heteroatoms. The van der Waals surface area contributed by atoms with Crippen molar-refractivity contribution < 1.29 is 13.8 Å². The van der Waals surface area contributed by atoms with Crippen LogP contribution in [0.25, 0.3) is 11.5 Å². The quantitative estimate of drug-likeness (QED) is 0.291. The zero-order valence-electron chi connectivity index (χ0n) is 23.3. The molecular weight excluding hydrogens is 502 g/mol. The Morgan fingerprint density at radius 2 is 1.52 bits per heavy atom. The van der Waals surface area contributed by atoms with Gasteiger partial charge in [-0.2, -0.15) is 9.97 Å². The second kappa shape index (κ2) is 9.52. The number of carbonyl (C=O) groups is 1. The fraction of sp³-hybridized carbons (Fsp3) is 0.656. The number of benzene rings is 1. The second-order valence-electron chi connectivity index (χ2n) is 13.7. The van der Waals surface area contributed by atoms with E-state index in [0.717, 1.165) is 112 Å². The molecule has 0 radical (unpaired) electrons. The lowest BCUT2D eigenvalue weighted by atomic mass is 9.53. The fourth-order valence-corrected chi connectivity index (χ4v) is 7.30. The number of fused-ring (bicyclic) bond motifs is 3. The van der Waals surface area contributed by atoms with Gasteiger partial charge in [0, 0.05) is 42.0 Å². The predicted octanol–water partition coefficient (Wildman–Crippen LogP) is 6.45. The van der Waals surface area contributed by atoms with Crippen LogP contribution in [0.15, 0.2) is 33.3 Å². The predicted molar refractivity (Wildman–Crippen MR) is 148 cm³/mol. The molecule has 6 aliphatic carbocycles. The maximum atomic E-state index is 13.9. The van der Waals surface area contributed by atoms with Crippen LogP contribution in [0.4, 0.5) is 5.69 Å². The molecule has 0 unspecified atom stereocenters. The van der Waals surface area contributed by atoms with Crippen LogP contribution in [-0.4, -0.2) is 32.7 Å².